The quantitative estimate of drug-likeness (QED) is 0.658. The van der Waals surface area contributed by atoms with E-state index in [1.54, 1.807) is 6.92 Å². The minimum absolute atomic E-state index is 0.336. The second-order valence-electron chi connectivity index (χ2n) is 4.68. The van der Waals surface area contributed by atoms with Crippen LogP contribution in [0.2, 0.25) is 0 Å². The Morgan fingerprint density at radius 2 is 2.20 bits per heavy atom. The van der Waals surface area contributed by atoms with Gasteiger partial charge < -0.3 is 15.4 Å². The molecule has 0 aromatic rings. The largest absolute Gasteiger partial charge is 0.468 e. The van der Waals surface area contributed by atoms with Gasteiger partial charge in [0.15, 0.2) is 0 Å². The molecule has 4 nitrogen and oxygen atoms in total. The van der Waals surface area contributed by atoms with Gasteiger partial charge in [-0.15, -0.1) is 0 Å². The van der Waals surface area contributed by atoms with Gasteiger partial charge >= 0.3 is 5.97 Å². The number of hydrogen-bond donors (Lipinski definition) is 1. The zero-order valence-electron chi connectivity index (χ0n) is 9.95. The van der Waals surface area contributed by atoms with E-state index in [0.717, 1.165) is 19.0 Å². The number of methoxy groups -OCH3 is 1. The molecule has 1 atom stereocenters. The summed E-state index contributed by atoms with van der Waals surface area (Å²) in [6.45, 7) is 6.39. The van der Waals surface area contributed by atoms with E-state index in [1.807, 2.05) is 0 Å². The lowest BCUT2D eigenvalue weighted by atomic mass is 10.0. The predicted molar refractivity (Wildman–Crippen MR) is 59.4 cm³/mol. The summed E-state index contributed by atoms with van der Waals surface area (Å²) in [5.74, 6) is 0.482. The molecule has 0 radical (unpaired) electrons. The summed E-state index contributed by atoms with van der Waals surface area (Å²) in [4.78, 5) is 13.6. The number of hydrogen-bond acceptors (Lipinski definition) is 4. The van der Waals surface area contributed by atoms with Crippen LogP contribution in [-0.2, 0) is 9.53 Å². The molecule has 1 fully saturated rings. The Bertz CT molecular complexity index is 225. The van der Waals surface area contributed by atoms with Crippen LogP contribution >= 0.6 is 0 Å². The van der Waals surface area contributed by atoms with Crippen molar-refractivity contribution in [3.05, 3.63) is 0 Å². The van der Waals surface area contributed by atoms with Gasteiger partial charge in [0.25, 0.3) is 0 Å². The van der Waals surface area contributed by atoms with Crippen LogP contribution < -0.4 is 5.73 Å². The van der Waals surface area contributed by atoms with Gasteiger partial charge in [-0.2, -0.15) is 0 Å². The molecule has 0 saturated heterocycles. The maximum Gasteiger partial charge on any atom is 0.326 e. The van der Waals surface area contributed by atoms with E-state index in [0.29, 0.717) is 6.54 Å². The fraction of sp³-hybridized carbons (Fsp3) is 0.909. The average Bonchev–Trinajstić information content (AvgIpc) is 2.98. The fourth-order valence-corrected chi connectivity index (χ4v) is 1.73. The summed E-state index contributed by atoms with van der Waals surface area (Å²) in [5.41, 5.74) is 5.04. The topological polar surface area (TPSA) is 55.6 Å². The van der Waals surface area contributed by atoms with Crippen molar-refractivity contribution in [1.29, 1.82) is 0 Å². The highest BCUT2D eigenvalue weighted by Gasteiger charge is 2.33. The predicted octanol–water partition coefficient (Wildman–Crippen LogP) is 0.609. The van der Waals surface area contributed by atoms with Crippen molar-refractivity contribution in [2.24, 2.45) is 11.7 Å². The summed E-state index contributed by atoms with van der Waals surface area (Å²) in [7, 11) is 1.38. The van der Waals surface area contributed by atoms with E-state index in [2.05, 4.69) is 11.8 Å². The molecule has 15 heavy (non-hydrogen) atoms. The molecule has 0 aromatic carbocycles. The Morgan fingerprint density at radius 1 is 1.60 bits per heavy atom. The summed E-state index contributed by atoms with van der Waals surface area (Å²) < 4.78 is 4.69. The first-order chi connectivity index (χ1) is 6.99. The van der Waals surface area contributed by atoms with Gasteiger partial charge in [-0.05, 0) is 32.2 Å². The van der Waals surface area contributed by atoms with Gasteiger partial charge in [-0.3, -0.25) is 4.79 Å². The zero-order chi connectivity index (χ0) is 11.5. The number of likely N-dealkylation sites (N-methyl/N-ethyl adjacent to an activating group) is 1. The Labute approximate surface area is 91.8 Å². The van der Waals surface area contributed by atoms with Crippen molar-refractivity contribution in [2.75, 3.05) is 26.7 Å². The van der Waals surface area contributed by atoms with Crippen molar-refractivity contribution in [1.82, 2.24) is 4.90 Å². The maximum absolute atomic E-state index is 11.4. The SMILES string of the molecule is CCN(CC1CC1)CC(C)(N)C(=O)OC. The Morgan fingerprint density at radius 3 is 2.60 bits per heavy atom. The van der Waals surface area contributed by atoms with Gasteiger partial charge in [-0.1, -0.05) is 6.92 Å². The van der Waals surface area contributed by atoms with Gasteiger partial charge in [0.2, 0.25) is 0 Å². The lowest BCUT2D eigenvalue weighted by Gasteiger charge is -2.29. The van der Waals surface area contributed by atoms with Crippen molar-refractivity contribution >= 4 is 5.97 Å². The van der Waals surface area contributed by atoms with E-state index in [1.165, 1.54) is 20.0 Å². The molecule has 1 aliphatic carbocycles. The van der Waals surface area contributed by atoms with Crippen molar-refractivity contribution in [3.8, 4) is 0 Å². The number of carbonyl (C=O) groups excluding carboxylic acids is 1. The number of nitrogens with two attached hydrogens (primary N) is 1. The monoisotopic (exact) mass is 214 g/mol. The number of nitrogens with zero attached hydrogens (tertiary/aromatic N) is 1. The number of carbonyl (C=O) groups is 1. The average molecular weight is 214 g/mol. The highest BCUT2D eigenvalue weighted by atomic mass is 16.5. The van der Waals surface area contributed by atoms with Crippen LogP contribution in [0.15, 0.2) is 0 Å². The first-order valence-electron chi connectivity index (χ1n) is 5.59. The molecule has 0 amide bonds. The lowest BCUT2D eigenvalue weighted by molar-refractivity contribution is -0.147. The first-order valence-corrected chi connectivity index (χ1v) is 5.59. The lowest BCUT2D eigenvalue weighted by Crippen LogP contribution is -2.54. The smallest absolute Gasteiger partial charge is 0.326 e. The molecular formula is C11H22N2O2. The van der Waals surface area contributed by atoms with Crippen LogP contribution in [-0.4, -0.2) is 43.2 Å². The van der Waals surface area contributed by atoms with E-state index < -0.39 is 5.54 Å². The highest BCUT2D eigenvalue weighted by molar-refractivity contribution is 5.80. The first kappa shape index (κ1) is 12.5. The van der Waals surface area contributed by atoms with Crippen LogP contribution in [0.4, 0.5) is 0 Å². The standard InChI is InChI=1S/C11H22N2O2/c1-4-13(7-9-5-6-9)8-11(2,12)10(14)15-3/h9H,4-8,12H2,1-3H3. The van der Waals surface area contributed by atoms with Crippen LogP contribution in [0, 0.1) is 5.92 Å². The van der Waals surface area contributed by atoms with Crippen LogP contribution in [0.25, 0.3) is 0 Å². The third kappa shape index (κ3) is 3.80. The molecule has 1 saturated carbocycles. The van der Waals surface area contributed by atoms with E-state index in [-0.39, 0.29) is 5.97 Å². The molecule has 4 heteroatoms. The molecule has 1 unspecified atom stereocenters. The van der Waals surface area contributed by atoms with Crippen molar-refractivity contribution < 1.29 is 9.53 Å². The van der Waals surface area contributed by atoms with Gasteiger partial charge in [-0.25, -0.2) is 0 Å². The third-order valence-electron chi connectivity index (χ3n) is 2.86. The Kier molecular flexibility index (Phi) is 4.11. The molecule has 0 aliphatic heterocycles. The van der Waals surface area contributed by atoms with Crippen molar-refractivity contribution in [2.45, 2.75) is 32.2 Å². The fourth-order valence-electron chi connectivity index (χ4n) is 1.73. The second-order valence-corrected chi connectivity index (χ2v) is 4.68. The normalized spacial score (nSPS) is 20.1. The molecule has 0 spiro atoms. The van der Waals surface area contributed by atoms with Gasteiger partial charge in [0.05, 0.1) is 7.11 Å². The Balaban J connectivity index is 2.44. The molecular weight excluding hydrogens is 192 g/mol. The van der Waals surface area contributed by atoms with Crippen LogP contribution in [0.3, 0.4) is 0 Å². The minimum Gasteiger partial charge on any atom is -0.468 e. The van der Waals surface area contributed by atoms with E-state index in [4.69, 9.17) is 10.5 Å². The van der Waals surface area contributed by atoms with Gasteiger partial charge in [0, 0.05) is 13.1 Å². The van der Waals surface area contributed by atoms with Crippen molar-refractivity contribution in [3.63, 3.8) is 0 Å². The second kappa shape index (κ2) is 4.94. The number of rotatable bonds is 6. The third-order valence-corrected chi connectivity index (χ3v) is 2.86. The zero-order valence-corrected chi connectivity index (χ0v) is 9.95. The molecule has 0 aromatic heterocycles. The summed E-state index contributed by atoms with van der Waals surface area (Å²) in [6, 6.07) is 0. The Hall–Kier alpha value is -0.610. The van der Waals surface area contributed by atoms with Gasteiger partial charge in [0.1, 0.15) is 5.54 Å². The molecule has 0 heterocycles. The van der Waals surface area contributed by atoms with Crippen LogP contribution in [0.1, 0.15) is 26.7 Å². The van der Waals surface area contributed by atoms with E-state index in [9.17, 15) is 4.79 Å². The maximum atomic E-state index is 11.4. The summed E-state index contributed by atoms with van der Waals surface area (Å²) in [6.07, 6.45) is 2.63. The number of esters is 1. The highest BCUT2D eigenvalue weighted by Crippen LogP contribution is 2.29. The van der Waals surface area contributed by atoms with Crippen LogP contribution in [0.5, 0.6) is 0 Å². The molecule has 0 bridgehead atoms. The van der Waals surface area contributed by atoms with E-state index >= 15 is 0 Å². The number of ether oxygens (including phenoxy) is 1. The summed E-state index contributed by atoms with van der Waals surface area (Å²) in [5, 5.41) is 0. The minimum atomic E-state index is -0.889. The molecule has 1 aliphatic rings. The molecule has 2 N–H and O–H groups in total. The summed E-state index contributed by atoms with van der Waals surface area (Å²) >= 11 is 0. The molecule has 88 valence electrons. The molecule has 1 rings (SSSR count).